The van der Waals surface area contributed by atoms with E-state index >= 15 is 0 Å². The Bertz CT molecular complexity index is 416. The maximum Gasteiger partial charge on any atom is 0.101 e. The number of nitrogens with zero attached hydrogens (tertiary/aromatic N) is 2. The number of anilines is 1. The van der Waals surface area contributed by atoms with Crippen LogP contribution in [0.2, 0.25) is 0 Å². The average Bonchev–Trinajstić information content (AvgIpc) is 2.64. The van der Waals surface area contributed by atoms with E-state index in [9.17, 15) is 0 Å². The Balaban J connectivity index is 0.00000128. The van der Waals surface area contributed by atoms with Gasteiger partial charge in [0.2, 0.25) is 0 Å². The van der Waals surface area contributed by atoms with Crippen LogP contribution in [0.15, 0.2) is 22.7 Å². The summed E-state index contributed by atoms with van der Waals surface area (Å²) in [6.07, 6.45) is 1.00. The van der Waals surface area contributed by atoms with Gasteiger partial charge in [0.1, 0.15) is 6.07 Å². The minimum atomic E-state index is 0. The number of nitrogens with two attached hydrogens (primary N) is 1. The lowest BCUT2D eigenvalue weighted by molar-refractivity contribution is 0.752. The lowest BCUT2D eigenvalue weighted by Crippen LogP contribution is -2.26. The van der Waals surface area contributed by atoms with E-state index < -0.39 is 0 Å². The third-order valence-electron chi connectivity index (χ3n) is 2.64. The highest BCUT2D eigenvalue weighted by molar-refractivity contribution is 9.10. The molecule has 3 nitrogen and oxygen atoms in total. The van der Waals surface area contributed by atoms with Gasteiger partial charge in [0.25, 0.3) is 0 Å². The molecule has 0 aromatic heterocycles. The maximum absolute atomic E-state index is 9.04. The second-order valence-corrected chi connectivity index (χ2v) is 4.68. The third-order valence-corrected chi connectivity index (χ3v) is 3.14. The molecule has 0 spiro atoms. The summed E-state index contributed by atoms with van der Waals surface area (Å²) in [7, 11) is 0. The van der Waals surface area contributed by atoms with Gasteiger partial charge in [0.15, 0.2) is 0 Å². The van der Waals surface area contributed by atoms with Crippen molar-refractivity contribution in [1.29, 1.82) is 5.26 Å². The number of nitriles is 1. The van der Waals surface area contributed by atoms with Crippen molar-refractivity contribution in [2.45, 2.75) is 12.5 Å². The molecule has 0 aliphatic carbocycles. The quantitative estimate of drug-likeness (QED) is 0.866. The molecule has 5 heteroatoms. The van der Waals surface area contributed by atoms with E-state index in [1.807, 2.05) is 18.2 Å². The Labute approximate surface area is 110 Å². The molecule has 16 heavy (non-hydrogen) atoms. The summed E-state index contributed by atoms with van der Waals surface area (Å²) >= 11 is 3.36. The highest BCUT2D eigenvalue weighted by atomic mass is 79.9. The fourth-order valence-corrected chi connectivity index (χ4v) is 2.24. The Hall–Kier alpha value is -0.760. The van der Waals surface area contributed by atoms with Gasteiger partial charge in [0.05, 0.1) is 11.3 Å². The van der Waals surface area contributed by atoms with Gasteiger partial charge in [-0.25, -0.2) is 0 Å². The predicted molar refractivity (Wildman–Crippen MR) is 70.9 cm³/mol. The van der Waals surface area contributed by atoms with Gasteiger partial charge in [-0.2, -0.15) is 5.26 Å². The molecule has 86 valence electrons. The van der Waals surface area contributed by atoms with Crippen LogP contribution >= 0.6 is 28.3 Å². The molecule has 1 aliphatic rings. The summed E-state index contributed by atoms with van der Waals surface area (Å²) in [5.41, 5.74) is 7.55. The summed E-state index contributed by atoms with van der Waals surface area (Å²) in [6, 6.07) is 8.23. The molecular weight excluding hydrogens is 289 g/mol. The van der Waals surface area contributed by atoms with Crippen molar-refractivity contribution >= 4 is 34.0 Å². The van der Waals surface area contributed by atoms with Crippen LogP contribution in [0.4, 0.5) is 5.69 Å². The van der Waals surface area contributed by atoms with Gasteiger partial charge in [-0.15, -0.1) is 12.4 Å². The highest BCUT2D eigenvalue weighted by Crippen LogP contribution is 2.26. The smallest absolute Gasteiger partial charge is 0.101 e. The number of hydrogen-bond donors (Lipinski definition) is 1. The van der Waals surface area contributed by atoms with Crippen molar-refractivity contribution < 1.29 is 0 Å². The van der Waals surface area contributed by atoms with E-state index in [2.05, 4.69) is 26.9 Å². The summed E-state index contributed by atoms with van der Waals surface area (Å²) in [6.45, 7) is 1.79. The first-order valence-corrected chi connectivity index (χ1v) is 5.70. The van der Waals surface area contributed by atoms with Crippen molar-refractivity contribution in [1.82, 2.24) is 0 Å². The molecule has 1 aromatic carbocycles. The Morgan fingerprint density at radius 1 is 1.50 bits per heavy atom. The first kappa shape index (κ1) is 13.3. The van der Waals surface area contributed by atoms with Gasteiger partial charge < -0.3 is 10.6 Å². The number of hydrogen-bond acceptors (Lipinski definition) is 3. The molecule has 0 bridgehead atoms. The molecule has 0 radical (unpaired) electrons. The lowest BCUT2D eigenvalue weighted by atomic mass is 10.2. The molecule has 1 saturated heterocycles. The summed E-state index contributed by atoms with van der Waals surface area (Å²) in [4.78, 5) is 2.18. The number of rotatable bonds is 1. The zero-order chi connectivity index (χ0) is 10.8. The monoisotopic (exact) mass is 301 g/mol. The van der Waals surface area contributed by atoms with Crippen molar-refractivity contribution in [3.05, 3.63) is 28.2 Å². The van der Waals surface area contributed by atoms with Crippen LogP contribution < -0.4 is 10.6 Å². The zero-order valence-electron chi connectivity index (χ0n) is 8.69. The standard InChI is InChI=1S/C11H12BrN3.ClH/c12-9-1-2-11(8(5-9)6-13)15-4-3-10(14)7-15;/h1-2,5,10H,3-4,7,14H2;1H/t10-;/m0./s1. The Morgan fingerprint density at radius 3 is 2.81 bits per heavy atom. The Morgan fingerprint density at radius 2 is 2.25 bits per heavy atom. The number of halogens is 2. The minimum Gasteiger partial charge on any atom is -0.369 e. The highest BCUT2D eigenvalue weighted by Gasteiger charge is 2.21. The van der Waals surface area contributed by atoms with Crippen molar-refractivity contribution in [2.24, 2.45) is 5.73 Å². The predicted octanol–water partition coefficient (Wildman–Crippen LogP) is 2.28. The van der Waals surface area contributed by atoms with E-state index in [0.29, 0.717) is 5.56 Å². The fraction of sp³-hybridized carbons (Fsp3) is 0.364. The van der Waals surface area contributed by atoms with E-state index in [1.165, 1.54) is 0 Å². The van der Waals surface area contributed by atoms with Crippen molar-refractivity contribution in [3.8, 4) is 6.07 Å². The minimum absolute atomic E-state index is 0. The van der Waals surface area contributed by atoms with E-state index in [4.69, 9.17) is 11.0 Å². The number of benzene rings is 1. The van der Waals surface area contributed by atoms with Crippen LogP contribution in [0.25, 0.3) is 0 Å². The molecule has 1 atom stereocenters. The zero-order valence-corrected chi connectivity index (χ0v) is 11.1. The summed E-state index contributed by atoms with van der Waals surface area (Å²) in [5, 5.41) is 9.04. The van der Waals surface area contributed by atoms with E-state index in [-0.39, 0.29) is 18.4 Å². The van der Waals surface area contributed by atoms with Crippen LogP contribution in [-0.2, 0) is 0 Å². The Kier molecular flexibility index (Phi) is 4.60. The second-order valence-electron chi connectivity index (χ2n) is 3.77. The molecule has 1 heterocycles. The molecule has 1 aliphatic heterocycles. The molecule has 0 unspecified atom stereocenters. The molecule has 2 rings (SSSR count). The topological polar surface area (TPSA) is 53.0 Å². The van der Waals surface area contributed by atoms with Crippen LogP contribution in [0.5, 0.6) is 0 Å². The van der Waals surface area contributed by atoms with Crippen molar-refractivity contribution in [2.75, 3.05) is 18.0 Å². The molecule has 0 amide bonds. The SMILES string of the molecule is Cl.N#Cc1cc(Br)ccc1N1CC[C@H](N)C1. The fourth-order valence-electron chi connectivity index (χ4n) is 1.88. The second kappa shape index (κ2) is 5.53. The normalized spacial score (nSPS) is 19.1. The van der Waals surface area contributed by atoms with Gasteiger partial charge in [-0.1, -0.05) is 15.9 Å². The first-order chi connectivity index (χ1) is 7.20. The van der Waals surface area contributed by atoms with Crippen LogP contribution in [-0.4, -0.2) is 19.1 Å². The molecule has 1 fully saturated rings. The van der Waals surface area contributed by atoms with Crippen LogP contribution in [0.3, 0.4) is 0 Å². The summed E-state index contributed by atoms with van der Waals surface area (Å²) < 4.78 is 0.936. The van der Waals surface area contributed by atoms with Gasteiger partial charge >= 0.3 is 0 Å². The van der Waals surface area contributed by atoms with E-state index in [0.717, 1.165) is 29.7 Å². The van der Waals surface area contributed by atoms with E-state index in [1.54, 1.807) is 0 Å². The molecule has 0 saturated carbocycles. The molecular formula is C11H13BrClN3. The first-order valence-electron chi connectivity index (χ1n) is 4.91. The largest absolute Gasteiger partial charge is 0.369 e. The van der Waals surface area contributed by atoms with Crippen LogP contribution in [0.1, 0.15) is 12.0 Å². The van der Waals surface area contributed by atoms with Crippen LogP contribution in [0, 0.1) is 11.3 Å². The maximum atomic E-state index is 9.04. The van der Waals surface area contributed by atoms with Gasteiger partial charge in [0, 0.05) is 23.6 Å². The molecule has 1 aromatic rings. The average molecular weight is 303 g/mol. The lowest BCUT2D eigenvalue weighted by Gasteiger charge is -2.19. The summed E-state index contributed by atoms with van der Waals surface area (Å²) in [5.74, 6) is 0. The van der Waals surface area contributed by atoms with Gasteiger partial charge in [-0.3, -0.25) is 0 Å². The van der Waals surface area contributed by atoms with Gasteiger partial charge in [-0.05, 0) is 24.6 Å². The molecule has 2 N–H and O–H groups in total. The third kappa shape index (κ3) is 2.67. The van der Waals surface area contributed by atoms with Crippen molar-refractivity contribution in [3.63, 3.8) is 0 Å².